The fourth-order valence-corrected chi connectivity index (χ4v) is 7.69. The molecule has 2 aromatic carbocycles. The Hall–Kier alpha value is -2.83. The number of para-hydroxylation sites is 1. The van der Waals surface area contributed by atoms with Crippen molar-refractivity contribution in [3.63, 3.8) is 0 Å². The number of aromatic nitrogens is 1. The summed E-state index contributed by atoms with van der Waals surface area (Å²) in [5, 5.41) is 50.1. The van der Waals surface area contributed by atoms with Crippen molar-refractivity contribution in [3.05, 3.63) is 77.1 Å². The highest BCUT2D eigenvalue weighted by Gasteiger charge is 2.48. The first kappa shape index (κ1) is 42.3. The maximum atomic E-state index is 13.1. The van der Waals surface area contributed by atoms with Gasteiger partial charge in [0, 0.05) is 53.1 Å². The summed E-state index contributed by atoms with van der Waals surface area (Å²) < 4.78 is 38.1. The Morgan fingerprint density at radius 3 is 2.48 bits per heavy atom. The highest BCUT2D eigenvalue weighted by atomic mass is 35.5. The quantitative estimate of drug-likeness (QED) is 0.0605. The predicted molar refractivity (Wildman–Crippen MR) is 206 cm³/mol. The number of halogens is 1. The van der Waals surface area contributed by atoms with E-state index in [1.54, 1.807) is 18.0 Å². The number of hydrogen-bond acceptors (Lipinski definition) is 12. The molecule has 1 aromatic heterocycles. The van der Waals surface area contributed by atoms with E-state index in [9.17, 15) is 33.6 Å². The van der Waals surface area contributed by atoms with Gasteiger partial charge in [0.25, 0.3) is 5.91 Å². The fourth-order valence-electron chi connectivity index (χ4n) is 6.03. The summed E-state index contributed by atoms with van der Waals surface area (Å²) in [4.78, 5) is 19.8. The first-order valence-electron chi connectivity index (χ1n) is 18.1. The summed E-state index contributed by atoms with van der Waals surface area (Å²) in [5.74, 6) is 0.671. The van der Waals surface area contributed by atoms with Crippen molar-refractivity contribution >= 4 is 39.3 Å². The SMILES string of the molecule is CS(=O)(=O)NCCCN(CCCCSc1ccc(Cl)c(COC2(c3cnccc3-c3ccccc3OC3CC3)CC2)c1)C(=O)[C@@H](O)[C@@H](O)[C@H](O)[C@@H](O)CO. The van der Waals surface area contributed by atoms with E-state index < -0.39 is 52.6 Å². The van der Waals surface area contributed by atoms with Crippen LogP contribution in [0.25, 0.3) is 11.1 Å². The molecule has 16 heteroatoms. The average Bonchev–Trinajstić information content (AvgIpc) is 4.11. The largest absolute Gasteiger partial charge is 0.490 e. The van der Waals surface area contributed by atoms with E-state index in [2.05, 4.69) is 15.8 Å². The number of carbonyl (C=O) groups is 1. The molecule has 2 aliphatic carbocycles. The zero-order valence-electron chi connectivity index (χ0n) is 30.2. The van der Waals surface area contributed by atoms with E-state index in [4.69, 9.17) is 26.2 Å². The maximum absolute atomic E-state index is 13.1. The summed E-state index contributed by atoms with van der Waals surface area (Å²) in [5.41, 5.74) is 3.47. The van der Waals surface area contributed by atoms with Crippen LogP contribution in [0, 0.1) is 0 Å². The Labute approximate surface area is 325 Å². The number of ether oxygens (including phenoxy) is 2. The molecule has 1 heterocycles. The van der Waals surface area contributed by atoms with Crippen LogP contribution in [0.3, 0.4) is 0 Å². The third-order valence-electron chi connectivity index (χ3n) is 9.41. The second kappa shape index (κ2) is 19.4. The molecular weight excluding hydrogens is 758 g/mol. The van der Waals surface area contributed by atoms with Gasteiger partial charge in [0.1, 0.15) is 24.1 Å². The number of benzene rings is 2. The van der Waals surface area contributed by atoms with E-state index in [1.807, 2.05) is 48.7 Å². The van der Waals surface area contributed by atoms with Crippen LogP contribution in [0.2, 0.25) is 5.02 Å². The zero-order valence-corrected chi connectivity index (χ0v) is 32.6. The second-order valence-electron chi connectivity index (χ2n) is 13.8. The number of aliphatic hydroxyl groups is 5. The van der Waals surface area contributed by atoms with Crippen molar-refractivity contribution in [2.45, 2.75) is 92.6 Å². The molecule has 296 valence electrons. The van der Waals surface area contributed by atoms with Crippen molar-refractivity contribution in [3.8, 4) is 16.9 Å². The molecule has 4 atom stereocenters. The van der Waals surface area contributed by atoms with E-state index in [1.165, 1.54) is 4.90 Å². The van der Waals surface area contributed by atoms with Crippen LogP contribution in [0.15, 0.2) is 65.8 Å². The minimum absolute atomic E-state index is 0.0550. The van der Waals surface area contributed by atoms with Gasteiger partial charge in [-0.05, 0) is 92.2 Å². The molecule has 54 heavy (non-hydrogen) atoms. The number of carbonyl (C=O) groups excluding carboxylic acids is 1. The fraction of sp³-hybridized carbons (Fsp3) is 0.526. The van der Waals surface area contributed by atoms with Gasteiger partial charge in [-0.2, -0.15) is 0 Å². The minimum Gasteiger partial charge on any atom is -0.490 e. The molecule has 0 radical (unpaired) electrons. The number of hydrogen-bond donors (Lipinski definition) is 6. The summed E-state index contributed by atoms with van der Waals surface area (Å²) in [6.07, 6.45) is 2.45. The molecule has 6 N–H and O–H groups in total. The van der Waals surface area contributed by atoms with Crippen molar-refractivity contribution in [2.75, 3.05) is 38.2 Å². The molecule has 0 unspecified atom stereocenters. The van der Waals surface area contributed by atoms with Crippen LogP contribution >= 0.6 is 23.4 Å². The molecule has 1 amide bonds. The summed E-state index contributed by atoms with van der Waals surface area (Å²) in [7, 11) is -3.44. The maximum Gasteiger partial charge on any atom is 0.254 e. The molecule has 0 spiro atoms. The number of amides is 1. The first-order valence-corrected chi connectivity index (χ1v) is 21.4. The van der Waals surface area contributed by atoms with Crippen molar-refractivity contribution in [1.82, 2.24) is 14.6 Å². The second-order valence-corrected chi connectivity index (χ2v) is 17.3. The van der Waals surface area contributed by atoms with E-state index in [-0.39, 0.29) is 32.2 Å². The van der Waals surface area contributed by atoms with Gasteiger partial charge >= 0.3 is 0 Å². The highest BCUT2D eigenvalue weighted by Crippen LogP contribution is 2.53. The summed E-state index contributed by atoms with van der Waals surface area (Å²) in [6.45, 7) is -0.250. The summed E-state index contributed by atoms with van der Waals surface area (Å²) >= 11 is 8.25. The summed E-state index contributed by atoms with van der Waals surface area (Å²) in [6, 6.07) is 15.9. The van der Waals surface area contributed by atoms with Crippen LogP contribution in [0.1, 0.15) is 56.1 Å². The predicted octanol–water partition coefficient (Wildman–Crippen LogP) is 3.23. The monoisotopic (exact) mass is 807 g/mol. The standard InChI is InChI=1S/C38H50ClN3O10S2/c1-54(49,50)41-16-6-19-42(37(48)36(47)35(46)34(45)32(44)23-43)18-4-5-20-53-27-11-12-31(39)25(21-27)24-51-38(14-15-38)30-22-40-17-13-28(30)29-7-2-3-8-33(29)52-26-9-10-26/h2-3,7-8,11-13,17,21-22,26,32,34-36,41,43-47H,4-6,9-10,14-16,18-20,23-24H2,1H3/t32-,34+,35-,36-/m0/s1. The van der Waals surface area contributed by atoms with Gasteiger partial charge in [-0.25, -0.2) is 13.1 Å². The number of sulfonamides is 1. The minimum atomic E-state index is -3.44. The van der Waals surface area contributed by atoms with Crippen LogP contribution in [-0.4, -0.2) is 119 Å². The van der Waals surface area contributed by atoms with Crippen molar-refractivity contribution in [1.29, 1.82) is 0 Å². The molecule has 2 saturated carbocycles. The van der Waals surface area contributed by atoms with Crippen molar-refractivity contribution < 1.29 is 48.2 Å². The Balaban J connectivity index is 1.16. The van der Waals surface area contributed by atoms with Gasteiger partial charge in [-0.15, -0.1) is 11.8 Å². The highest BCUT2D eigenvalue weighted by molar-refractivity contribution is 7.99. The number of unbranched alkanes of at least 4 members (excludes halogenated alkanes) is 1. The van der Waals surface area contributed by atoms with E-state index in [0.717, 1.165) is 64.8 Å². The lowest BCUT2D eigenvalue weighted by Gasteiger charge is -2.30. The lowest BCUT2D eigenvalue weighted by molar-refractivity contribution is -0.158. The molecule has 3 aromatic rings. The molecule has 0 bridgehead atoms. The van der Waals surface area contributed by atoms with E-state index >= 15 is 0 Å². The van der Waals surface area contributed by atoms with Gasteiger partial charge in [-0.3, -0.25) is 9.78 Å². The number of nitrogens with zero attached hydrogens (tertiary/aromatic N) is 2. The van der Waals surface area contributed by atoms with Crippen LogP contribution in [0.5, 0.6) is 5.75 Å². The van der Waals surface area contributed by atoms with Crippen LogP contribution in [-0.2, 0) is 31.8 Å². The van der Waals surface area contributed by atoms with Crippen molar-refractivity contribution in [2.24, 2.45) is 0 Å². The van der Waals surface area contributed by atoms with Gasteiger partial charge in [0.15, 0.2) is 6.10 Å². The Bertz CT molecular complexity index is 1810. The lowest BCUT2D eigenvalue weighted by Crippen LogP contribution is -2.53. The number of rotatable bonds is 23. The zero-order chi connectivity index (χ0) is 38.9. The average molecular weight is 808 g/mol. The number of thioether (sulfide) groups is 1. The third kappa shape index (κ3) is 11.8. The van der Waals surface area contributed by atoms with Gasteiger partial charge in [-0.1, -0.05) is 29.8 Å². The van der Waals surface area contributed by atoms with Crippen LogP contribution < -0.4 is 9.46 Å². The number of aliphatic hydroxyl groups excluding tert-OH is 5. The molecular formula is C38H50ClN3O10S2. The normalized spacial score (nSPS) is 17.4. The molecule has 0 saturated heterocycles. The van der Waals surface area contributed by atoms with Gasteiger partial charge in [0.2, 0.25) is 10.0 Å². The number of nitrogens with one attached hydrogen (secondary N) is 1. The number of pyridine rings is 1. The Morgan fingerprint density at radius 1 is 1.04 bits per heavy atom. The van der Waals surface area contributed by atoms with Gasteiger partial charge < -0.3 is 39.9 Å². The first-order chi connectivity index (χ1) is 25.8. The van der Waals surface area contributed by atoms with E-state index in [0.29, 0.717) is 30.2 Å². The third-order valence-corrected chi connectivity index (χ3v) is 11.6. The van der Waals surface area contributed by atoms with Gasteiger partial charge in [0.05, 0.1) is 31.2 Å². The van der Waals surface area contributed by atoms with Crippen LogP contribution in [0.4, 0.5) is 0 Å². The lowest BCUT2D eigenvalue weighted by atomic mass is 9.96. The molecule has 2 fully saturated rings. The smallest absolute Gasteiger partial charge is 0.254 e. The Kier molecular flexibility index (Phi) is 15.2. The molecule has 13 nitrogen and oxygen atoms in total. The molecule has 5 rings (SSSR count). The molecule has 2 aliphatic rings. The molecule has 0 aliphatic heterocycles. The Morgan fingerprint density at radius 2 is 1.78 bits per heavy atom. The topological polar surface area (TPSA) is 199 Å².